The summed E-state index contributed by atoms with van der Waals surface area (Å²) in [7, 11) is 0. The van der Waals surface area contributed by atoms with Crippen molar-refractivity contribution >= 4 is 44.8 Å². The number of hydrogen-bond donors (Lipinski definition) is 1. The number of para-hydroxylation sites is 1. The van der Waals surface area contributed by atoms with Gasteiger partial charge < -0.3 is 10.1 Å². The standard InChI is InChI=1S/C13H8BrF2NO3S/c14-10-5-4-9(21-10)13(19)20-6-11(18)17-12-7(15)2-1-3-8(12)16/h1-5H,6H2,(H,17,18). The van der Waals surface area contributed by atoms with Gasteiger partial charge in [-0.1, -0.05) is 6.07 Å². The molecule has 1 aromatic carbocycles. The van der Waals surface area contributed by atoms with Gasteiger partial charge in [-0.3, -0.25) is 4.79 Å². The summed E-state index contributed by atoms with van der Waals surface area (Å²) in [5, 5.41) is 2.02. The number of ether oxygens (including phenoxy) is 1. The first-order chi connectivity index (χ1) is 9.97. The van der Waals surface area contributed by atoms with Gasteiger partial charge in [0.1, 0.15) is 22.2 Å². The number of carbonyl (C=O) groups is 2. The van der Waals surface area contributed by atoms with E-state index in [9.17, 15) is 18.4 Å². The second-order valence-electron chi connectivity index (χ2n) is 3.82. The molecule has 0 saturated carbocycles. The average Bonchev–Trinajstić information content (AvgIpc) is 2.87. The summed E-state index contributed by atoms with van der Waals surface area (Å²) in [4.78, 5) is 23.4. The largest absolute Gasteiger partial charge is 0.451 e. The molecule has 1 aromatic heterocycles. The first-order valence-electron chi connectivity index (χ1n) is 5.63. The summed E-state index contributed by atoms with van der Waals surface area (Å²) in [5.74, 6) is -3.33. The van der Waals surface area contributed by atoms with Crippen molar-refractivity contribution in [1.82, 2.24) is 0 Å². The fourth-order valence-electron chi connectivity index (χ4n) is 1.42. The zero-order valence-corrected chi connectivity index (χ0v) is 12.8. The Bertz CT molecular complexity index is 670. The van der Waals surface area contributed by atoms with E-state index >= 15 is 0 Å². The summed E-state index contributed by atoms with van der Waals surface area (Å²) in [6, 6.07) is 6.39. The monoisotopic (exact) mass is 375 g/mol. The van der Waals surface area contributed by atoms with E-state index in [1.807, 2.05) is 5.32 Å². The van der Waals surface area contributed by atoms with Gasteiger partial charge in [0.2, 0.25) is 0 Å². The molecule has 0 fully saturated rings. The smallest absolute Gasteiger partial charge is 0.348 e. The van der Waals surface area contributed by atoms with Gasteiger partial charge in [0.25, 0.3) is 5.91 Å². The van der Waals surface area contributed by atoms with Crippen LogP contribution in [0.3, 0.4) is 0 Å². The van der Waals surface area contributed by atoms with E-state index in [-0.39, 0.29) is 0 Å². The molecule has 1 heterocycles. The lowest BCUT2D eigenvalue weighted by Crippen LogP contribution is -2.21. The Morgan fingerprint density at radius 1 is 1.19 bits per heavy atom. The van der Waals surface area contributed by atoms with Gasteiger partial charge >= 0.3 is 5.97 Å². The number of thiophene rings is 1. The van der Waals surface area contributed by atoms with Crippen LogP contribution in [0.4, 0.5) is 14.5 Å². The second-order valence-corrected chi connectivity index (χ2v) is 6.29. The van der Waals surface area contributed by atoms with Crippen LogP contribution in [0, 0.1) is 11.6 Å². The quantitative estimate of drug-likeness (QED) is 0.830. The lowest BCUT2D eigenvalue weighted by atomic mass is 10.3. The molecule has 110 valence electrons. The molecule has 0 aliphatic carbocycles. The molecule has 0 radical (unpaired) electrons. The molecule has 0 aliphatic rings. The Hall–Kier alpha value is -1.80. The van der Waals surface area contributed by atoms with Crippen LogP contribution in [-0.2, 0) is 9.53 Å². The summed E-state index contributed by atoms with van der Waals surface area (Å²) in [6.45, 7) is -0.637. The number of rotatable bonds is 4. The molecule has 0 aliphatic heterocycles. The van der Waals surface area contributed by atoms with Crippen molar-refractivity contribution < 1.29 is 23.1 Å². The number of nitrogens with one attached hydrogen (secondary N) is 1. The van der Waals surface area contributed by atoms with Crippen LogP contribution in [-0.4, -0.2) is 18.5 Å². The first-order valence-corrected chi connectivity index (χ1v) is 7.24. The van der Waals surface area contributed by atoms with Crippen LogP contribution in [0.15, 0.2) is 34.1 Å². The summed E-state index contributed by atoms with van der Waals surface area (Å²) in [6.07, 6.45) is 0. The molecular weight excluding hydrogens is 368 g/mol. The molecule has 8 heteroatoms. The third kappa shape index (κ3) is 4.08. The number of esters is 1. The Morgan fingerprint density at radius 3 is 2.43 bits per heavy atom. The fourth-order valence-corrected chi connectivity index (χ4v) is 2.70. The lowest BCUT2D eigenvalue weighted by molar-refractivity contribution is -0.119. The molecule has 21 heavy (non-hydrogen) atoms. The van der Waals surface area contributed by atoms with Gasteiger partial charge in [-0.05, 0) is 40.2 Å². The zero-order valence-electron chi connectivity index (χ0n) is 10.4. The molecule has 0 spiro atoms. The number of amides is 1. The van der Waals surface area contributed by atoms with Crippen LogP contribution >= 0.6 is 27.3 Å². The summed E-state index contributed by atoms with van der Waals surface area (Å²) in [5.41, 5.74) is -0.572. The molecule has 2 aromatic rings. The summed E-state index contributed by atoms with van der Waals surface area (Å²) >= 11 is 4.34. The van der Waals surface area contributed by atoms with Gasteiger partial charge in [0.15, 0.2) is 6.61 Å². The molecule has 0 atom stereocenters. The van der Waals surface area contributed by atoms with Crippen LogP contribution < -0.4 is 5.32 Å². The molecule has 1 amide bonds. The van der Waals surface area contributed by atoms with E-state index in [1.54, 1.807) is 6.07 Å². The van der Waals surface area contributed by atoms with Crippen LogP contribution in [0.25, 0.3) is 0 Å². The Morgan fingerprint density at radius 2 is 1.86 bits per heavy atom. The minimum Gasteiger partial charge on any atom is -0.451 e. The molecule has 4 nitrogen and oxygen atoms in total. The molecule has 1 N–H and O–H groups in total. The molecule has 0 unspecified atom stereocenters. The zero-order chi connectivity index (χ0) is 15.4. The fraction of sp³-hybridized carbons (Fsp3) is 0.0769. The topological polar surface area (TPSA) is 55.4 Å². The Labute approximate surface area is 130 Å². The van der Waals surface area contributed by atoms with Crippen molar-refractivity contribution in [2.24, 2.45) is 0 Å². The highest BCUT2D eigenvalue weighted by Gasteiger charge is 2.15. The van der Waals surface area contributed by atoms with Crippen LogP contribution in [0.5, 0.6) is 0 Å². The highest BCUT2D eigenvalue weighted by atomic mass is 79.9. The first kappa shape index (κ1) is 15.6. The van der Waals surface area contributed by atoms with E-state index in [1.165, 1.54) is 12.1 Å². The van der Waals surface area contributed by atoms with E-state index in [0.717, 1.165) is 27.3 Å². The Balaban J connectivity index is 1.92. The maximum atomic E-state index is 13.3. The number of benzene rings is 1. The highest BCUT2D eigenvalue weighted by molar-refractivity contribution is 9.11. The van der Waals surface area contributed by atoms with Gasteiger partial charge in [-0.15, -0.1) is 11.3 Å². The maximum absolute atomic E-state index is 13.3. The molecule has 0 bridgehead atoms. The van der Waals surface area contributed by atoms with Gasteiger partial charge in [-0.2, -0.15) is 0 Å². The number of halogens is 3. The average molecular weight is 376 g/mol. The van der Waals surface area contributed by atoms with E-state index in [2.05, 4.69) is 15.9 Å². The van der Waals surface area contributed by atoms with Crippen molar-refractivity contribution in [2.75, 3.05) is 11.9 Å². The van der Waals surface area contributed by atoms with E-state index in [0.29, 0.717) is 4.88 Å². The predicted octanol–water partition coefficient (Wildman–Crippen LogP) is 3.58. The predicted molar refractivity (Wildman–Crippen MR) is 77.3 cm³/mol. The minimum atomic E-state index is -0.906. The van der Waals surface area contributed by atoms with Gasteiger partial charge in [0.05, 0.1) is 3.79 Å². The molecule has 2 rings (SSSR count). The van der Waals surface area contributed by atoms with Gasteiger partial charge in [-0.25, -0.2) is 13.6 Å². The van der Waals surface area contributed by atoms with Gasteiger partial charge in [0, 0.05) is 0 Å². The highest BCUT2D eigenvalue weighted by Crippen LogP contribution is 2.22. The third-order valence-electron chi connectivity index (χ3n) is 2.34. The molecule has 0 saturated heterocycles. The second kappa shape index (κ2) is 6.77. The van der Waals surface area contributed by atoms with Crippen molar-refractivity contribution in [3.05, 3.63) is 50.6 Å². The minimum absolute atomic E-state index is 0.312. The maximum Gasteiger partial charge on any atom is 0.348 e. The summed E-state index contributed by atoms with van der Waals surface area (Å²) < 4.78 is 32.1. The van der Waals surface area contributed by atoms with E-state index in [4.69, 9.17) is 4.74 Å². The van der Waals surface area contributed by atoms with Crippen molar-refractivity contribution in [3.8, 4) is 0 Å². The number of anilines is 1. The van der Waals surface area contributed by atoms with Crippen molar-refractivity contribution in [1.29, 1.82) is 0 Å². The van der Waals surface area contributed by atoms with E-state index < -0.39 is 35.8 Å². The SMILES string of the molecule is O=C(COC(=O)c1ccc(Br)s1)Nc1c(F)cccc1F. The Kier molecular flexibility index (Phi) is 5.03. The number of carbonyl (C=O) groups excluding carboxylic acids is 2. The normalized spacial score (nSPS) is 10.2. The molecular formula is C13H8BrF2NO3S. The van der Waals surface area contributed by atoms with Crippen LogP contribution in [0.1, 0.15) is 9.67 Å². The third-order valence-corrected chi connectivity index (χ3v) is 3.94. The van der Waals surface area contributed by atoms with Crippen LogP contribution in [0.2, 0.25) is 0 Å². The van der Waals surface area contributed by atoms with Crippen molar-refractivity contribution in [2.45, 2.75) is 0 Å². The van der Waals surface area contributed by atoms with Crippen molar-refractivity contribution in [3.63, 3.8) is 0 Å². The number of hydrogen-bond acceptors (Lipinski definition) is 4. The lowest BCUT2D eigenvalue weighted by Gasteiger charge is -2.07.